The maximum atomic E-state index is 10.2. The molecule has 0 aliphatic heterocycles. The molecule has 0 saturated carbocycles. The first-order chi connectivity index (χ1) is 4.79. The van der Waals surface area contributed by atoms with E-state index >= 15 is 0 Å². The van der Waals surface area contributed by atoms with E-state index in [2.05, 4.69) is 6.58 Å². The van der Waals surface area contributed by atoms with Gasteiger partial charge in [-0.05, 0) is 6.42 Å². The number of carbonyl (C=O) groups excluding carboxylic acids is 2. The average Bonchev–Trinajstić information content (AvgIpc) is 2.00. The first kappa shape index (κ1) is 8.82. The van der Waals surface area contributed by atoms with Gasteiger partial charge in [-0.2, -0.15) is 0 Å². The molecule has 0 aromatic rings. The quantitative estimate of drug-likeness (QED) is 0.333. The van der Waals surface area contributed by atoms with E-state index in [-0.39, 0.29) is 0 Å². The molecule has 0 aliphatic rings. The van der Waals surface area contributed by atoms with E-state index in [4.69, 9.17) is 0 Å². The van der Waals surface area contributed by atoms with E-state index in [9.17, 15) is 9.59 Å². The molecule has 0 radical (unpaired) electrons. The number of carbonyl (C=O) groups is 2. The van der Waals surface area contributed by atoms with E-state index < -0.39 is 0 Å². The first-order valence-corrected chi connectivity index (χ1v) is 3.06. The molecule has 0 aromatic heterocycles. The third-order valence-corrected chi connectivity index (χ3v) is 1.24. The number of aldehydes is 2. The summed E-state index contributed by atoms with van der Waals surface area (Å²) in [6.07, 6.45) is 3.29. The maximum Gasteiger partial charge on any atom is 0.150 e. The zero-order valence-corrected chi connectivity index (χ0v) is 5.96. The standard InChI is InChI=1S/C8H10O2/c1-3-7(5-9)8(4-2)6-10/h3,5-6H,1,4H2,2H3/b8-7-. The number of hydrogen-bond donors (Lipinski definition) is 0. The van der Waals surface area contributed by atoms with Crippen molar-refractivity contribution in [2.45, 2.75) is 13.3 Å². The SMILES string of the molecule is C=C/C(C=O)=C(/C=O)CC. The summed E-state index contributed by atoms with van der Waals surface area (Å²) in [6, 6.07) is 0. The van der Waals surface area contributed by atoms with Crippen LogP contribution in [0.2, 0.25) is 0 Å². The monoisotopic (exact) mass is 138 g/mol. The zero-order valence-electron chi connectivity index (χ0n) is 5.96. The second-order valence-corrected chi connectivity index (χ2v) is 1.77. The van der Waals surface area contributed by atoms with Crippen LogP contribution in [0.3, 0.4) is 0 Å². The van der Waals surface area contributed by atoms with Gasteiger partial charge in [-0.1, -0.05) is 19.6 Å². The molecule has 0 saturated heterocycles. The van der Waals surface area contributed by atoms with Crippen LogP contribution >= 0.6 is 0 Å². The Morgan fingerprint density at radius 1 is 1.40 bits per heavy atom. The molecule has 0 bridgehead atoms. The lowest BCUT2D eigenvalue weighted by Gasteiger charge is -1.93. The van der Waals surface area contributed by atoms with Crippen LogP contribution in [0.1, 0.15) is 13.3 Å². The van der Waals surface area contributed by atoms with Crippen molar-refractivity contribution in [3.05, 3.63) is 23.8 Å². The topological polar surface area (TPSA) is 34.1 Å². The Bertz CT molecular complexity index is 168. The van der Waals surface area contributed by atoms with Crippen LogP contribution in [-0.2, 0) is 9.59 Å². The summed E-state index contributed by atoms with van der Waals surface area (Å²) in [4.78, 5) is 20.4. The molecule has 2 nitrogen and oxygen atoms in total. The Hall–Kier alpha value is -1.18. The molecule has 2 heteroatoms. The van der Waals surface area contributed by atoms with E-state index in [1.165, 1.54) is 6.08 Å². The fourth-order valence-corrected chi connectivity index (χ4v) is 0.610. The summed E-state index contributed by atoms with van der Waals surface area (Å²) < 4.78 is 0. The van der Waals surface area contributed by atoms with Crippen LogP contribution in [0.4, 0.5) is 0 Å². The predicted octanol–water partition coefficient (Wildman–Crippen LogP) is 1.28. The van der Waals surface area contributed by atoms with E-state index in [1.807, 2.05) is 6.92 Å². The molecule has 0 atom stereocenters. The van der Waals surface area contributed by atoms with Crippen molar-refractivity contribution < 1.29 is 9.59 Å². The molecule has 0 fully saturated rings. The minimum absolute atomic E-state index is 0.387. The van der Waals surface area contributed by atoms with E-state index in [1.54, 1.807) is 0 Å². The Labute approximate surface area is 60.2 Å². The largest absolute Gasteiger partial charge is 0.298 e. The van der Waals surface area contributed by atoms with Gasteiger partial charge in [0.1, 0.15) is 12.6 Å². The molecule has 0 spiro atoms. The van der Waals surface area contributed by atoms with Gasteiger partial charge in [0.25, 0.3) is 0 Å². The summed E-state index contributed by atoms with van der Waals surface area (Å²) in [7, 11) is 0. The molecule has 0 rings (SSSR count). The van der Waals surface area contributed by atoms with Crippen LogP contribution in [0.25, 0.3) is 0 Å². The van der Waals surface area contributed by atoms with Crippen LogP contribution in [0.15, 0.2) is 23.8 Å². The molecular weight excluding hydrogens is 128 g/mol. The highest BCUT2D eigenvalue weighted by Crippen LogP contribution is 2.03. The lowest BCUT2D eigenvalue weighted by atomic mass is 10.1. The van der Waals surface area contributed by atoms with Crippen LogP contribution in [-0.4, -0.2) is 12.6 Å². The average molecular weight is 138 g/mol. The van der Waals surface area contributed by atoms with Crippen LogP contribution in [0, 0.1) is 0 Å². The van der Waals surface area contributed by atoms with Gasteiger partial charge < -0.3 is 0 Å². The molecule has 0 aliphatic carbocycles. The van der Waals surface area contributed by atoms with E-state index in [0.717, 1.165) is 0 Å². The van der Waals surface area contributed by atoms with Gasteiger partial charge >= 0.3 is 0 Å². The minimum atomic E-state index is 0.387. The van der Waals surface area contributed by atoms with E-state index in [0.29, 0.717) is 30.1 Å². The van der Waals surface area contributed by atoms with Crippen molar-refractivity contribution in [1.29, 1.82) is 0 Å². The molecular formula is C8H10O2. The van der Waals surface area contributed by atoms with Gasteiger partial charge in [0, 0.05) is 11.1 Å². The third kappa shape index (κ3) is 1.97. The molecule has 0 aromatic carbocycles. The second-order valence-electron chi connectivity index (χ2n) is 1.77. The van der Waals surface area contributed by atoms with Gasteiger partial charge in [-0.3, -0.25) is 9.59 Å². The summed E-state index contributed by atoms with van der Waals surface area (Å²) in [5.41, 5.74) is 0.891. The van der Waals surface area contributed by atoms with Crippen molar-refractivity contribution in [3.8, 4) is 0 Å². The highest BCUT2D eigenvalue weighted by Gasteiger charge is 1.97. The highest BCUT2D eigenvalue weighted by atomic mass is 16.1. The number of allylic oxidation sites excluding steroid dienone is 3. The fourth-order valence-electron chi connectivity index (χ4n) is 0.610. The maximum absolute atomic E-state index is 10.2. The van der Waals surface area contributed by atoms with Gasteiger partial charge in [-0.25, -0.2) is 0 Å². The molecule has 54 valence electrons. The minimum Gasteiger partial charge on any atom is -0.298 e. The molecule has 0 amide bonds. The first-order valence-electron chi connectivity index (χ1n) is 3.06. The van der Waals surface area contributed by atoms with Gasteiger partial charge in [0.05, 0.1) is 0 Å². The lowest BCUT2D eigenvalue weighted by molar-refractivity contribution is -0.107. The molecule has 0 unspecified atom stereocenters. The Morgan fingerprint density at radius 2 is 2.00 bits per heavy atom. The van der Waals surface area contributed by atoms with Crippen LogP contribution < -0.4 is 0 Å². The lowest BCUT2D eigenvalue weighted by Crippen LogP contribution is -1.90. The van der Waals surface area contributed by atoms with Crippen molar-refractivity contribution in [2.75, 3.05) is 0 Å². The molecule has 0 N–H and O–H groups in total. The Balaban J connectivity index is 4.67. The van der Waals surface area contributed by atoms with Gasteiger partial charge in [0.2, 0.25) is 0 Å². The normalized spacial score (nSPS) is 11.7. The van der Waals surface area contributed by atoms with Crippen molar-refractivity contribution in [1.82, 2.24) is 0 Å². The smallest absolute Gasteiger partial charge is 0.150 e. The number of hydrogen-bond acceptors (Lipinski definition) is 2. The highest BCUT2D eigenvalue weighted by molar-refractivity contribution is 5.89. The predicted molar refractivity (Wildman–Crippen MR) is 39.6 cm³/mol. The van der Waals surface area contributed by atoms with Gasteiger partial charge in [-0.15, -0.1) is 0 Å². The number of rotatable bonds is 4. The second kappa shape index (κ2) is 4.68. The Morgan fingerprint density at radius 3 is 2.10 bits per heavy atom. The third-order valence-electron chi connectivity index (χ3n) is 1.24. The Kier molecular flexibility index (Phi) is 4.12. The summed E-state index contributed by atoms with van der Waals surface area (Å²) >= 11 is 0. The van der Waals surface area contributed by atoms with Gasteiger partial charge in [0.15, 0.2) is 0 Å². The summed E-state index contributed by atoms with van der Waals surface area (Å²) in [6.45, 7) is 5.22. The van der Waals surface area contributed by atoms with Crippen molar-refractivity contribution >= 4 is 12.6 Å². The van der Waals surface area contributed by atoms with Crippen molar-refractivity contribution in [3.63, 3.8) is 0 Å². The van der Waals surface area contributed by atoms with Crippen molar-refractivity contribution in [2.24, 2.45) is 0 Å². The summed E-state index contributed by atoms with van der Waals surface area (Å²) in [5.74, 6) is 0. The zero-order chi connectivity index (χ0) is 7.98. The molecule has 10 heavy (non-hydrogen) atoms. The van der Waals surface area contributed by atoms with Crippen LogP contribution in [0.5, 0.6) is 0 Å². The molecule has 0 heterocycles. The fraction of sp³-hybridized carbons (Fsp3) is 0.250. The summed E-state index contributed by atoms with van der Waals surface area (Å²) in [5, 5.41) is 0.